The minimum absolute atomic E-state index is 0.291. The van der Waals surface area contributed by atoms with E-state index < -0.39 is 18.2 Å². The first-order valence-electron chi connectivity index (χ1n) is 10.6. The molecular weight excluding hydrogens is 427 g/mol. The third-order valence-electron chi connectivity index (χ3n) is 5.11. The second-order valence-corrected chi connectivity index (χ2v) is 7.48. The van der Waals surface area contributed by atoms with Gasteiger partial charge in [0.15, 0.2) is 6.10 Å². The number of rotatable bonds is 12. The zero-order valence-corrected chi connectivity index (χ0v) is 18.3. The lowest BCUT2D eigenvalue weighted by Crippen LogP contribution is -2.24. The Kier molecular flexibility index (Phi) is 8.80. The van der Waals surface area contributed by atoms with Gasteiger partial charge in [-0.25, -0.2) is 9.18 Å². The van der Waals surface area contributed by atoms with Crippen molar-refractivity contribution in [2.24, 2.45) is 0 Å². The van der Waals surface area contributed by atoms with Crippen LogP contribution in [0.4, 0.5) is 4.39 Å². The van der Waals surface area contributed by atoms with Gasteiger partial charge in [0.25, 0.3) is 0 Å². The zero-order valence-electron chi connectivity index (χ0n) is 18.3. The maximum Gasteiger partial charge on any atom is 0.333 e. The molecule has 0 amide bonds. The number of carboxylic acids is 1. The fraction of sp³-hybridized carbons (Fsp3) is 0.269. The van der Waals surface area contributed by atoms with Gasteiger partial charge >= 0.3 is 5.97 Å². The maximum atomic E-state index is 13.0. The van der Waals surface area contributed by atoms with Gasteiger partial charge in [-0.05, 0) is 53.1 Å². The summed E-state index contributed by atoms with van der Waals surface area (Å²) in [6.45, 7) is 0.933. The number of benzene rings is 3. The van der Waals surface area contributed by atoms with Crippen LogP contribution in [0, 0.1) is 5.82 Å². The van der Waals surface area contributed by atoms with Crippen LogP contribution in [0.3, 0.4) is 0 Å². The fourth-order valence-electron chi connectivity index (χ4n) is 3.23. The molecule has 0 radical (unpaired) electrons. The van der Waals surface area contributed by atoms with Gasteiger partial charge in [0, 0.05) is 20.0 Å². The molecule has 0 saturated carbocycles. The molecular formula is C26H27FO6. The monoisotopic (exact) mass is 454 g/mol. The van der Waals surface area contributed by atoms with Crippen molar-refractivity contribution in [1.82, 2.24) is 0 Å². The number of hydrogen-bond acceptors (Lipinski definition) is 5. The van der Waals surface area contributed by atoms with Crippen LogP contribution in [0.15, 0.2) is 72.8 Å². The highest BCUT2D eigenvalue weighted by Gasteiger charge is 2.16. The first-order chi connectivity index (χ1) is 16.0. The number of aliphatic hydroxyl groups excluding tert-OH is 1. The van der Waals surface area contributed by atoms with Crippen LogP contribution in [-0.2, 0) is 16.0 Å². The second-order valence-electron chi connectivity index (χ2n) is 7.48. The van der Waals surface area contributed by atoms with Crippen LogP contribution in [-0.4, -0.2) is 42.6 Å². The summed E-state index contributed by atoms with van der Waals surface area (Å²) in [5.74, 6) is 0.0471. The Hall–Kier alpha value is -3.42. The van der Waals surface area contributed by atoms with Gasteiger partial charge in [0.05, 0.1) is 13.2 Å². The summed E-state index contributed by atoms with van der Waals surface area (Å²) in [7, 11) is 1.38. The standard InChI is InChI=1S/C26H27FO6/c1-31-24(26(29)30)17-18-3-11-22(12-4-18)32-15-2-16-33-23-13-7-20(8-14-23)25(28)19-5-9-21(27)10-6-19/h3-14,24-25,28H,2,15-17H2,1H3,(H,29,30)/t24-,25?/m0/s1. The average Bonchev–Trinajstić information content (AvgIpc) is 2.83. The largest absolute Gasteiger partial charge is 0.493 e. The normalized spacial score (nSPS) is 12.7. The molecule has 33 heavy (non-hydrogen) atoms. The summed E-state index contributed by atoms with van der Waals surface area (Å²) < 4.78 is 29.4. The molecule has 0 bridgehead atoms. The van der Waals surface area contributed by atoms with Crippen LogP contribution in [0.2, 0.25) is 0 Å². The molecule has 0 aromatic heterocycles. The summed E-state index contributed by atoms with van der Waals surface area (Å²) in [6.07, 6.45) is -0.732. The van der Waals surface area contributed by atoms with Crippen molar-refractivity contribution >= 4 is 5.97 Å². The van der Waals surface area contributed by atoms with E-state index >= 15 is 0 Å². The SMILES string of the molecule is CO[C@@H](Cc1ccc(OCCCOc2ccc(C(O)c3ccc(F)cc3)cc2)cc1)C(=O)O. The van der Waals surface area contributed by atoms with E-state index in [1.54, 1.807) is 48.5 Å². The molecule has 0 aliphatic rings. The minimum atomic E-state index is -0.989. The highest BCUT2D eigenvalue weighted by molar-refractivity contribution is 5.72. The maximum absolute atomic E-state index is 13.0. The summed E-state index contributed by atoms with van der Waals surface area (Å²) in [5, 5.41) is 19.5. The van der Waals surface area contributed by atoms with E-state index in [0.717, 1.165) is 5.56 Å². The number of carboxylic acid groups (broad SMARTS) is 1. The third-order valence-corrected chi connectivity index (χ3v) is 5.11. The summed E-state index contributed by atoms with van der Waals surface area (Å²) in [4.78, 5) is 11.0. The topological polar surface area (TPSA) is 85.2 Å². The smallest absolute Gasteiger partial charge is 0.333 e. The summed E-state index contributed by atoms with van der Waals surface area (Å²) >= 11 is 0. The Morgan fingerprint density at radius 1 is 0.848 bits per heavy atom. The van der Waals surface area contributed by atoms with Gasteiger partial charge in [-0.1, -0.05) is 36.4 Å². The van der Waals surface area contributed by atoms with Crippen LogP contribution in [0.1, 0.15) is 29.2 Å². The van der Waals surface area contributed by atoms with Gasteiger partial charge in [0.2, 0.25) is 0 Å². The number of aliphatic carboxylic acids is 1. The van der Waals surface area contributed by atoms with Crippen LogP contribution in [0.5, 0.6) is 11.5 Å². The third kappa shape index (κ3) is 7.30. The first-order valence-corrected chi connectivity index (χ1v) is 10.6. The molecule has 0 fully saturated rings. The molecule has 0 spiro atoms. The number of methoxy groups -OCH3 is 1. The average molecular weight is 454 g/mol. The van der Waals surface area contributed by atoms with Crippen LogP contribution < -0.4 is 9.47 Å². The van der Waals surface area contributed by atoms with Gasteiger partial charge in [-0.2, -0.15) is 0 Å². The summed E-state index contributed by atoms with van der Waals surface area (Å²) in [5.41, 5.74) is 2.17. The lowest BCUT2D eigenvalue weighted by molar-refractivity contribution is -0.148. The van der Waals surface area contributed by atoms with Crippen molar-refractivity contribution in [3.05, 3.63) is 95.3 Å². The Morgan fingerprint density at radius 2 is 1.33 bits per heavy atom. The Labute approximate surface area is 192 Å². The van der Waals surface area contributed by atoms with Gasteiger partial charge < -0.3 is 24.4 Å². The van der Waals surface area contributed by atoms with Gasteiger partial charge in [0.1, 0.15) is 23.4 Å². The summed E-state index contributed by atoms with van der Waals surface area (Å²) in [6, 6.07) is 20.1. The van der Waals surface area contributed by atoms with Crippen molar-refractivity contribution in [2.45, 2.75) is 25.0 Å². The first kappa shape index (κ1) is 24.2. The van der Waals surface area contributed by atoms with E-state index in [4.69, 9.17) is 19.3 Å². The van der Waals surface area contributed by atoms with Crippen LogP contribution in [0.25, 0.3) is 0 Å². The Balaban J connectivity index is 1.38. The number of halogens is 1. The zero-order chi connectivity index (χ0) is 23.6. The van der Waals surface area contributed by atoms with Crippen molar-refractivity contribution < 1.29 is 33.6 Å². The highest BCUT2D eigenvalue weighted by Crippen LogP contribution is 2.24. The minimum Gasteiger partial charge on any atom is -0.493 e. The number of hydrogen-bond donors (Lipinski definition) is 2. The molecule has 0 aliphatic heterocycles. The molecule has 3 rings (SSSR count). The van der Waals surface area contributed by atoms with Crippen molar-refractivity contribution in [3.63, 3.8) is 0 Å². The van der Waals surface area contributed by atoms with Crippen LogP contribution >= 0.6 is 0 Å². The molecule has 3 aromatic rings. The number of aliphatic hydroxyl groups is 1. The molecule has 2 N–H and O–H groups in total. The Morgan fingerprint density at radius 3 is 1.82 bits per heavy atom. The second kappa shape index (κ2) is 12.0. The molecule has 2 atom stereocenters. The fourth-order valence-corrected chi connectivity index (χ4v) is 3.23. The highest BCUT2D eigenvalue weighted by atomic mass is 19.1. The molecule has 3 aromatic carbocycles. The predicted octanol–water partition coefficient (Wildman–Crippen LogP) is 4.40. The number of carbonyl (C=O) groups is 1. The lowest BCUT2D eigenvalue weighted by atomic mass is 10.0. The van der Waals surface area contributed by atoms with Crippen molar-refractivity contribution in [2.75, 3.05) is 20.3 Å². The Bertz CT molecular complexity index is 1000. The van der Waals surface area contributed by atoms with E-state index in [1.807, 2.05) is 12.1 Å². The lowest BCUT2D eigenvalue weighted by Gasteiger charge is -2.13. The van der Waals surface area contributed by atoms with Gasteiger partial charge in [-0.3, -0.25) is 0 Å². The molecule has 0 aliphatic carbocycles. The van der Waals surface area contributed by atoms with Crippen molar-refractivity contribution in [3.8, 4) is 11.5 Å². The van der Waals surface area contributed by atoms with Crippen molar-refractivity contribution in [1.29, 1.82) is 0 Å². The molecule has 0 heterocycles. The van der Waals surface area contributed by atoms with E-state index in [2.05, 4.69) is 0 Å². The molecule has 1 unspecified atom stereocenters. The predicted molar refractivity (Wildman–Crippen MR) is 121 cm³/mol. The van der Waals surface area contributed by atoms with E-state index in [-0.39, 0.29) is 5.82 Å². The molecule has 174 valence electrons. The van der Waals surface area contributed by atoms with Gasteiger partial charge in [-0.15, -0.1) is 0 Å². The molecule has 6 nitrogen and oxygen atoms in total. The number of ether oxygens (including phenoxy) is 3. The van der Waals surface area contributed by atoms with E-state index in [9.17, 15) is 14.3 Å². The van der Waals surface area contributed by atoms with E-state index in [1.165, 1.54) is 19.2 Å². The molecule has 0 saturated heterocycles. The quantitative estimate of drug-likeness (QED) is 0.395. The van der Waals surface area contributed by atoms with E-state index in [0.29, 0.717) is 48.7 Å². The molecule has 7 heteroatoms.